The van der Waals surface area contributed by atoms with Crippen molar-refractivity contribution in [3.05, 3.63) is 35.6 Å². The molecule has 144 valence electrons. The molecule has 7 heteroatoms. The maximum Gasteiger partial charge on any atom is 0.295 e. The van der Waals surface area contributed by atoms with Gasteiger partial charge in [0.2, 0.25) is 0 Å². The number of nitrogens with zero attached hydrogens (tertiary/aromatic N) is 3. The van der Waals surface area contributed by atoms with Gasteiger partial charge in [0.1, 0.15) is 12.4 Å². The number of halogens is 1. The third-order valence-electron chi connectivity index (χ3n) is 4.47. The van der Waals surface area contributed by atoms with Crippen LogP contribution >= 0.6 is 0 Å². The number of aliphatic imine (C=N–C) groups is 1. The Morgan fingerprint density at radius 3 is 2.73 bits per heavy atom. The molecule has 0 radical (unpaired) electrons. The zero-order valence-electron chi connectivity index (χ0n) is 15.8. The normalized spacial score (nSPS) is 16.5. The molecule has 26 heavy (non-hydrogen) atoms. The number of likely N-dealkylation sites (tertiary alicyclic amines) is 1. The number of carbonyl (C=O) groups is 1. The van der Waals surface area contributed by atoms with Crippen molar-refractivity contribution in [3.63, 3.8) is 0 Å². The van der Waals surface area contributed by atoms with Crippen molar-refractivity contribution in [3.8, 4) is 0 Å². The molecule has 0 bridgehead atoms. The predicted octanol–water partition coefficient (Wildman–Crippen LogP) is 2.40. The van der Waals surface area contributed by atoms with E-state index in [-0.39, 0.29) is 17.6 Å². The van der Waals surface area contributed by atoms with Crippen LogP contribution in [0.25, 0.3) is 0 Å². The van der Waals surface area contributed by atoms with Crippen LogP contribution in [0.4, 0.5) is 4.39 Å². The topological polar surface area (TPSA) is 54.4 Å². The van der Waals surface area contributed by atoms with Gasteiger partial charge in [0.05, 0.1) is 6.61 Å². The third-order valence-corrected chi connectivity index (χ3v) is 4.47. The Balaban J connectivity index is 2.12. The molecular formula is C19H28FN3O3. The van der Waals surface area contributed by atoms with Crippen LogP contribution in [-0.2, 0) is 9.47 Å². The van der Waals surface area contributed by atoms with E-state index in [0.717, 1.165) is 25.9 Å². The van der Waals surface area contributed by atoms with E-state index in [2.05, 4.69) is 16.9 Å². The first-order valence-corrected chi connectivity index (χ1v) is 9.01. The largest absolute Gasteiger partial charge is 0.462 e. The van der Waals surface area contributed by atoms with E-state index in [1.54, 1.807) is 6.07 Å². The van der Waals surface area contributed by atoms with Crippen molar-refractivity contribution in [2.24, 2.45) is 4.99 Å². The lowest BCUT2D eigenvalue weighted by atomic mass is 10.0. The van der Waals surface area contributed by atoms with Gasteiger partial charge in [-0.15, -0.1) is 0 Å². The maximum atomic E-state index is 13.4. The summed E-state index contributed by atoms with van der Waals surface area (Å²) in [5, 5.41) is 0. The first-order chi connectivity index (χ1) is 12.5. The van der Waals surface area contributed by atoms with Crippen LogP contribution in [0.5, 0.6) is 0 Å². The fourth-order valence-electron chi connectivity index (χ4n) is 2.86. The third kappa shape index (κ3) is 6.07. The molecule has 1 aliphatic rings. The number of hydrogen-bond donors (Lipinski definition) is 0. The van der Waals surface area contributed by atoms with E-state index in [4.69, 9.17) is 9.47 Å². The Hall–Kier alpha value is -1.99. The summed E-state index contributed by atoms with van der Waals surface area (Å²) in [4.78, 5) is 20.7. The number of carbonyl (C=O) groups excluding carboxylic acids is 1. The average Bonchev–Trinajstić information content (AvgIpc) is 2.64. The van der Waals surface area contributed by atoms with Crippen molar-refractivity contribution < 1.29 is 18.7 Å². The van der Waals surface area contributed by atoms with Crippen LogP contribution in [-0.4, -0.2) is 74.8 Å². The molecule has 1 aromatic carbocycles. The highest BCUT2D eigenvalue weighted by Crippen LogP contribution is 2.16. The summed E-state index contributed by atoms with van der Waals surface area (Å²) < 4.78 is 24.4. The first kappa shape index (κ1) is 20.3. The minimum Gasteiger partial charge on any atom is -0.462 e. The fourth-order valence-corrected chi connectivity index (χ4v) is 2.86. The monoisotopic (exact) mass is 365 g/mol. The number of hydrogen-bond acceptors (Lipinski definition) is 4. The number of rotatable bonds is 6. The Kier molecular flexibility index (Phi) is 8.00. The van der Waals surface area contributed by atoms with Gasteiger partial charge in [-0.25, -0.2) is 4.39 Å². The van der Waals surface area contributed by atoms with E-state index in [9.17, 15) is 9.18 Å². The van der Waals surface area contributed by atoms with Gasteiger partial charge in [0, 0.05) is 25.3 Å². The number of benzene rings is 1. The lowest BCUT2D eigenvalue weighted by molar-refractivity contribution is 0.0872. The molecule has 0 spiro atoms. The van der Waals surface area contributed by atoms with Crippen molar-refractivity contribution >= 4 is 11.9 Å². The molecule has 0 unspecified atom stereocenters. The molecule has 2 rings (SSSR count). The van der Waals surface area contributed by atoms with Crippen molar-refractivity contribution in [1.82, 2.24) is 9.80 Å². The average molecular weight is 365 g/mol. The molecule has 0 saturated carbocycles. The minimum absolute atomic E-state index is 0.202. The number of ether oxygens (including phenoxy) is 2. The predicted molar refractivity (Wildman–Crippen MR) is 98.9 cm³/mol. The van der Waals surface area contributed by atoms with Crippen LogP contribution in [0, 0.1) is 5.82 Å². The molecular weight excluding hydrogens is 337 g/mol. The van der Waals surface area contributed by atoms with Crippen LogP contribution in [0.3, 0.4) is 0 Å². The molecule has 0 aromatic heterocycles. The zero-order chi connectivity index (χ0) is 18.9. The number of amides is 1. The molecule has 1 aromatic rings. The van der Waals surface area contributed by atoms with E-state index >= 15 is 0 Å². The number of piperidine rings is 1. The molecule has 1 aliphatic heterocycles. The Bertz CT molecular complexity index is 616. The molecule has 0 atom stereocenters. The van der Waals surface area contributed by atoms with E-state index in [1.807, 2.05) is 18.9 Å². The van der Waals surface area contributed by atoms with Crippen molar-refractivity contribution in [1.29, 1.82) is 0 Å². The second-order valence-electron chi connectivity index (χ2n) is 6.40. The van der Waals surface area contributed by atoms with Crippen molar-refractivity contribution in [2.45, 2.75) is 25.8 Å². The Labute approximate surface area is 154 Å². The summed E-state index contributed by atoms with van der Waals surface area (Å²) in [5.74, 6) is -0.982. The molecule has 0 N–H and O–H groups in total. The Morgan fingerprint density at radius 2 is 2.08 bits per heavy atom. The highest BCUT2D eigenvalue weighted by Gasteiger charge is 2.24. The van der Waals surface area contributed by atoms with Crippen LogP contribution in [0.2, 0.25) is 0 Å². The molecule has 1 heterocycles. The van der Waals surface area contributed by atoms with Gasteiger partial charge in [-0.2, -0.15) is 4.99 Å². The molecule has 1 fully saturated rings. The summed E-state index contributed by atoms with van der Waals surface area (Å²) >= 11 is 0. The fraction of sp³-hybridized carbons (Fsp3) is 0.579. The molecule has 1 amide bonds. The van der Waals surface area contributed by atoms with Gasteiger partial charge < -0.3 is 19.3 Å². The zero-order valence-corrected chi connectivity index (χ0v) is 15.8. The number of amidine groups is 1. The van der Waals surface area contributed by atoms with Gasteiger partial charge in [-0.3, -0.25) is 4.79 Å². The lowest BCUT2D eigenvalue weighted by Gasteiger charge is -2.36. The smallest absolute Gasteiger partial charge is 0.295 e. The summed E-state index contributed by atoms with van der Waals surface area (Å²) in [7, 11) is 3.98. The van der Waals surface area contributed by atoms with Crippen LogP contribution < -0.4 is 0 Å². The molecule has 6 nitrogen and oxygen atoms in total. The van der Waals surface area contributed by atoms with E-state index < -0.39 is 11.7 Å². The summed E-state index contributed by atoms with van der Waals surface area (Å²) in [6.45, 7) is 5.21. The highest BCUT2D eigenvalue weighted by molar-refractivity contribution is 6.01. The second-order valence-corrected chi connectivity index (χ2v) is 6.40. The second kappa shape index (κ2) is 10.2. The van der Waals surface area contributed by atoms with E-state index in [0.29, 0.717) is 19.8 Å². The van der Waals surface area contributed by atoms with Gasteiger partial charge in [-0.05, 0) is 58.1 Å². The summed E-state index contributed by atoms with van der Waals surface area (Å²) in [6.07, 6.45) is 1.93. The van der Waals surface area contributed by atoms with Gasteiger partial charge >= 0.3 is 0 Å². The van der Waals surface area contributed by atoms with E-state index in [1.165, 1.54) is 18.2 Å². The quantitative estimate of drug-likeness (QED) is 0.440. The van der Waals surface area contributed by atoms with Crippen LogP contribution in [0.15, 0.2) is 29.3 Å². The molecule has 1 saturated heterocycles. The lowest BCUT2D eigenvalue weighted by Crippen LogP contribution is -2.45. The maximum absolute atomic E-state index is 13.4. The van der Waals surface area contributed by atoms with Gasteiger partial charge in [0.15, 0.2) is 0 Å². The standard InChI is InChI=1S/C19H28FN3O3/c1-4-25-12-13-26-19(23(3)17-8-10-22(2)11-9-17)21-18(24)15-6-5-7-16(20)14-15/h5-7,14,17H,4,8-13H2,1-3H3. The minimum atomic E-state index is -0.518. The summed E-state index contributed by atoms with van der Waals surface area (Å²) in [5.41, 5.74) is 0.202. The van der Waals surface area contributed by atoms with Gasteiger partial charge in [0.25, 0.3) is 11.9 Å². The van der Waals surface area contributed by atoms with Gasteiger partial charge in [-0.1, -0.05) is 6.07 Å². The Morgan fingerprint density at radius 1 is 1.35 bits per heavy atom. The summed E-state index contributed by atoms with van der Waals surface area (Å²) in [6, 6.07) is 6.02. The SMILES string of the molecule is CCOCCOC(=NC(=O)c1cccc(F)c1)N(C)C1CCN(C)CC1. The molecule has 0 aliphatic carbocycles. The highest BCUT2D eigenvalue weighted by atomic mass is 19.1. The van der Waals surface area contributed by atoms with Crippen LogP contribution in [0.1, 0.15) is 30.1 Å². The first-order valence-electron chi connectivity index (χ1n) is 9.01. The van der Waals surface area contributed by atoms with Crippen molar-refractivity contribution in [2.75, 3.05) is 47.0 Å².